The van der Waals surface area contributed by atoms with Crippen LogP contribution in [0.25, 0.3) is 11.0 Å². The molecule has 0 radical (unpaired) electrons. The number of nitriles is 1. The zero-order valence-corrected chi connectivity index (χ0v) is 18.0. The molecule has 2 aromatic heterocycles. The SMILES string of the molecule is Cn1cnc2cc(C(=O)Nc3cnccc3C(=O)NCC(=O)N3CC(F)(F)CC3C#N)ccc21. The van der Waals surface area contributed by atoms with Crippen molar-refractivity contribution in [3.05, 3.63) is 54.1 Å². The second kappa shape index (κ2) is 8.86. The van der Waals surface area contributed by atoms with Gasteiger partial charge in [0, 0.05) is 25.2 Å². The summed E-state index contributed by atoms with van der Waals surface area (Å²) in [5, 5.41) is 14.0. The zero-order valence-electron chi connectivity index (χ0n) is 18.0. The smallest absolute Gasteiger partial charge is 0.268 e. The molecule has 1 aromatic carbocycles. The molecule has 0 bridgehead atoms. The van der Waals surface area contributed by atoms with E-state index >= 15 is 0 Å². The van der Waals surface area contributed by atoms with Crippen molar-refractivity contribution in [2.75, 3.05) is 18.4 Å². The first kappa shape index (κ1) is 22.8. The summed E-state index contributed by atoms with van der Waals surface area (Å²) in [6, 6.07) is 6.74. The van der Waals surface area contributed by atoms with Gasteiger partial charge in [-0.2, -0.15) is 5.26 Å². The monoisotopic (exact) mass is 467 g/mol. The van der Waals surface area contributed by atoms with Crippen LogP contribution in [0, 0.1) is 11.3 Å². The Morgan fingerprint density at radius 3 is 2.82 bits per heavy atom. The van der Waals surface area contributed by atoms with E-state index in [1.54, 1.807) is 30.6 Å². The van der Waals surface area contributed by atoms with E-state index in [0.29, 0.717) is 11.1 Å². The second-order valence-electron chi connectivity index (χ2n) is 7.84. The van der Waals surface area contributed by atoms with Crippen LogP contribution in [-0.4, -0.2) is 62.2 Å². The van der Waals surface area contributed by atoms with Crippen molar-refractivity contribution in [2.24, 2.45) is 7.05 Å². The van der Waals surface area contributed by atoms with Gasteiger partial charge in [-0.1, -0.05) is 0 Å². The Hall–Kier alpha value is -4.40. The van der Waals surface area contributed by atoms with Crippen molar-refractivity contribution in [1.82, 2.24) is 24.8 Å². The van der Waals surface area contributed by atoms with Gasteiger partial charge in [0.25, 0.3) is 17.7 Å². The summed E-state index contributed by atoms with van der Waals surface area (Å²) in [5.41, 5.74) is 1.91. The number of pyridine rings is 1. The zero-order chi connectivity index (χ0) is 24.5. The second-order valence-corrected chi connectivity index (χ2v) is 7.84. The molecule has 3 aromatic rings. The van der Waals surface area contributed by atoms with E-state index in [1.165, 1.54) is 18.5 Å². The van der Waals surface area contributed by atoms with E-state index in [-0.39, 0.29) is 11.3 Å². The third-order valence-corrected chi connectivity index (χ3v) is 5.44. The number of rotatable bonds is 5. The number of anilines is 1. The number of nitrogens with zero attached hydrogens (tertiary/aromatic N) is 5. The predicted octanol–water partition coefficient (Wildman–Crippen LogP) is 1.71. The summed E-state index contributed by atoms with van der Waals surface area (Å²) in [5.74, 6) is -5.17. The Labute approximate surface area is 192 Å². The third-order valence-electron chi connectivity index (χ3n) is 5.44. The van der Waals surface area contributed by atoms with E-state index in [2.05, 4.69) is 20.6 Å². The number of alkyl halides is 2. The number of hydrogen-bond acceptors (Lipinski definition) is 6. The molecule has 174 valence electrons. The van der Waals surface area contributed by atoms with Crippen molar-refractivity contribution in [3.8, 4) is 6.07 Å². The number of hydrogen-bond donors (Lipinski definition) is 2. The fourth-order valence-electron chi connectivity index (χ4n) is 3.71. The van der Waals surface area contributed by atoms with Crippen LogP contribution in [-0.2, 0) is 11.8 Å². The number of likely N-dealkylation sites (tertiary alicyclic amines) is 1. The Balaban J connectivity index is 1.44. The molecule has 4 rings (SSSR count). The van der Waals surface area contributed by atoms with Gasteiger partial charge in [-0.05, 0) is 24.3 Å². The maximum Gasteiger partial charge on any atom is 0.268 e. The summed E-state index contributed by atoms with van der Waals surface area (Å²) in [6.45, 7) is -1.46. The van der Waals surface area contributed by atoms with Crippen LogP contribution >= 0.6 is 0 Å². The number of halogens is 2. The Morgan fingerprint density at radius 2 is 2.06 bits per heavy atom. The van der Waals surface area contributed by atoms with Gasteiger partial charge in [-0.25, -0.2) is 13.8 Å². The number of imidazole rings is 1. The van der Waals surface area contributed by atoms with Gasteiger partial charge in [0.2, 0.25) is 5.91 Å². The summed E-state index contributed by atoms with van der Waals surface area (Å²) < 4.78 is 29.0. The Morgan fingerprint density at radius 1 is 1.26 bits per heavy atom. The summed E-state index contributed by atoms with van der Waals surface area (Å²) in [6.07, 6.45) is 3.49. The van der Waals surface area contributed by atoms with E-state index in [1.807, 2.05) is 11.6 Å². The van der Waals surface area contributed by atoms with Gasteiger partial charge in [0.15, 0.2) is 0 Å². The lowest BCUT2D eigenvalue weighted by molar-refractivity contribution is -0.131. The highest BCUT2D eigenvalue weighted by molar-refractivity contribution is 6.10. The minimum absolute atomic E-state index is 0.0265. The number of aryl methyl sites for hydroxylation is 1. The van der Waals surface area contributed by atoms with Gasteiger partial charge in [-0.3, -0.25) is 19.4 Å². The fraction of sp³-hybridized carbons (Fsp3) is 0.273. The fourth-order valence-corrected chi connectivity index (χ4v) is 3.71. The molecule has 0 saturated carbocycles. The van der Waals surface area contributed by atoms with Gasteiger partial charge < -0.3 is 20.1 Å². The first-order chi connectivity index (χ1) is 16.2. The van der Waals surface area contributed by atoms with Crippen LogP contribution in [0.5, 0.6) is 0 Å². The van der Waals surface area contributed by atoms with Crippen LogP contribution in [0.3, 0.4) is 0 Å². The highest BCUT2D eigenvalue weighted by atomic mass is 19.3. The molecule has 3 heterocycles. The summed E-state index contributed by atoms with van der Waals surface area (Å²) in [4.78, 5) is 46.6. The number of carbonyl (C=O) groups is 3. The van der Waals surface area contributed by atoms with Crippen molar-refractivity contribution in [2.45, 2.75) is 18.4 Å². The highest BCUT2D eigenvalue weighted by Crippen LogP contribution is 2.31. The molecular weight excluding hydrogens is 448 g/mol. The van der Waals surface area contributed by atoms with E-state index in [0.717, 1.165) is 10.4 Å². The number of amides is 3. The van der Waals surface area contributed by atoms with Crippen molar-refractivity contribution in [3.63, 3.8) is 0 Å². The van der Waals surface area contributed by atoms with Crippen LogP contribution < -0.4 is 10.6 Å². The minimum atomic E-state index is -3.15. The number of nitrogens with one attached hydrogen (secondary N) is 2. The van der Waals surface area contributed by atoms with Crippen LogP contribution in [0.1, 0.15) is 27.1 Å². The molecule has 1 saturated heterocycles. The number of carbonyl (C=O) groups excluding carboxylic acids is 3. The lowest BCUT2D eigenvalue weighted by Crippen LogP contribution is -2.43. The van der Waals surface area contributed by atoms with Gasteiger partial charge >= 0.3 is 0 Å². The van der Waals surface area contributed by atoms with E-state index < -0.39 is 49.2 Å². The highest BCUT2D eigenvalue weighted by Gasteiger charge is 2.47. The molecule has 34 heavy (non-hydrogen) atoms. The van der Waals surface area contributed by atoms with Gasteiger partial charge in [0.1, 0.15) is 6.04 Å². The van der Waals surface area contributed by atoms with Crippen LogP contribution in [0.2, 0.25) is 0 Å². The van der Waals surface area contributed by atoms with E-state index in [9.17, 15) is 23.2 Å². The molecule has 1 fully saturated rings. The molecular formula is C22H19F2N7O3. The van der Waals surface area contributed by atoms with Gasteiger partial charge in [0.05, 0.1) is 54.0 Å². The molecule has 0 aliphatic carbocycles. The van der Waals surface area contributed by atoms with Crippen molar-refractivity contribution in [1.29, 1.82) is 5.26 Å². The normalized spacial score (nSPS) is 16.8. The van der Waals surface area contributed by atoms with Crippen LogP contribution in [0.15, 0.2) is 43.0 Å². The average molecular weight is 467 g/mol. The van der Waals surface area contributed by atoms with Gasteiger partial charge in [-0.15, -0.1) is 0 Å². The maximum atomic E-state index is 13.6. The molecule has 1 atom stereocenters. The standard InChI is InChI=1S/C22H19F2N7O3/c1-30-12-28-16-6-13(2-3-18(16)30)20(33)29-17-9-26-5-4-15(17)21(34)27-10-19(32)31-11-22(23,24)7-14(31)8-25/h2-6,9,12,14H,7,10-11H2,1H3,(H,27,34)(H,29,33). The molecule has 2 N–H and O–H groups in total. The van der Waals surface area contributed by atoms with E-state index in [4.69, 9.17) is 5.26 Å². The third kappa shape index (κ3) is 4.54. The number of fused-ring (bicyclic) bond motifs is 1. The summed E-state index contributed by atoms with van der Waals surface area (Å²) in [7, 11) is 1.83. The largest absolute Gasteiger partial charge is 0.343 e. The lowest BCUT2D eigenvalue weighted by atomic mass is 10.1. The quantitative estimate of drug-likeness (QED) is 0.587. The molecule has 10 nitrogen and oxygen atoms in total. The first-order valence-corrected chi connectivity index (χ1v) is 10.2. The molecule has 1 aliphatic heterocycles. The molecule has 3 amide bonds. The molecule has 1 aliphatic rings. The maximum absolute atomic E-state index is 13.6. The lowest BCUT2D eigenvalue weighted by Gasteiger charge is -2.19. The topological polar surface area (TPSA) is 133 Å². The number of aromatic nitrogens is 3. The molecule has 1 unspecified atom stereocenters. The minimum Gasteiger partial charge on any atom is -0.343 e. The Kier molecular flexibility index (Phi) is 5.93. The molecule has 12 heteroatoms. The first-order valence-electron chi connectivity index (χ1n) is 10.2. The van der Waals surface area contributed by atoms with Crippen molar-refractivity contribution < 1.29 is 23.2 Å². The van der Waals surface area contributed by atoms with Crippen LogP contribution in [0.4, 0.5) is 14.5 Å². The predicted molar refractivity (Wildman–Crippen MR) is 116 cm³/mol. The number of benzene rings is 1. The average Bonchev–Trinajstić information content (AvgIpc) is 3.35. The molecule has 0 spiro atoms. The summed E-state index contributed by atoms with van der Waals surface area (Å²) >= 11 is 0. The Bertz CT molecular complexity index is 1330. The van der Waals surface area contributed by atoms with Crippen molar-refractivity contribution >= 4 is 34.4 Å².